The molecule has 1 heterocycles. The topological polar surface area (TPSA) is 129 Å². The van der Waals surface area contributed by atoms with Crippen molar-refractivity contribution in [3.8, 4) is 0 Å². The molecule has 0 aliphatic heterocycles. The summed E-state index contributed by atoms with van der Waals surface area (Å²) in [7, 11) is 0. The zero-order chi connectivity index (χ0) is 15.4. The number of aryl methyl sites for hydroxylation is 1. The number of carbonyl (C=O) groups is 3. The van der Waals surface area contributed by atoms with Gasteiger partial charge in [0.05, 0.1) is 5.69 Å². The predicted octanol–water partition coefficient (Wildman–Crippen LogP) is 0.749. The molecule has 0 aromatic carbocycles. The summed E-state index contributed by atoms with van der Waals surface area (Å²) in [4.78, 5) is 37.9. The van der Waals surface area contributed by atoms with Gasteiger partial charge in [0.15, 0.2) is 0 Å². The number of carbonyl (C=O) groups excluding carboxylic acids is 2. The van der Waals surface area contributed by atoms with Crippen molar-refractivity contribution in [1.82, 2.24) is 9.88 Å². The fraction of sp³-hybridized carbons (Fsp3) is 0.417. The monoisotopic (exact) mass is 282 g/mol. The second-order valence-electron chi connectivity index (χ2n) is 4.66. The number of nitrogens with one attached hydrogen (secondary N) is 2. The number of urea groups is 1. The third kappa shape index (κ3) is 3.74. The van der Waals surface area contributed by atoms with E-state index in [2.05, 4.69) is 10.3 Å². The highest BCUT2D eigenvalue weighted by molar-refractivity contribution is 5.99. The first-order valence-corrected chi connectivity index (χ1v) is 6.01. The van der Waals surface area contributed by atoms with Gasteiger partial charge in [0.2, 0.25) is 5.91 Å². The van der Waals surface area contributed by atoms with Crippen LogP contribution < -0.4 is 11.1 Å². The summed E-state index contributed by atoms with van der Waals surface area (Å²) in [5, 5.41) is 11.5. The molecule has 0 saturated carbocycles. The van der Waals surface area contributed by atoms with Crippen molar-refractivity contribution in [2.24, 2.45) is 5.73 Å². The predicted molar refractivity (Wildman–Crippen MR) is 72.5 cm³/mol. The molecule has 0 atom stereocenters. The summed E-state index contributed by atoms with van der Waals surface area (Å²) in [6.07, 6.45) is 0. The van der Waals surface area contributed by atoms with Crippen LogP contribution in [0.2, 0.25) is 0 Å². The Bertz CT molecular complexity index is 536. The lowest BCUT2D eigenvalue weighted by Crippen LogP contribution is -2.45. The SMILES string of the molecule is Cc1cc(NC(=O)N(CC(N)=O)C(C)C)c(C(=O)O)[nH]1. The average Bonchev–Trinajstić information content (AvgIpc) is 2.66. The molecular formula is C12H18N4O4. The third-order valence-corrected chi connectivity index (χ3v) is 2.62. The minimum absolute atomic E-state index is 0.112. The van der Waals surface area contributed by atoms with Gasteiger partial charge >= 0.3 is 12.0 Å². The lowest BCUT2D eigenvalue weighted by atomic mass is 10.3. The first-order valence-electron chi connectivity index (χ1n) is 6.01. The zero-order valence-electron chi connectivity index (χ0n) is 11.6. The second-order valence-corrected chi connectivity index (χ2v) is 4.66. The molecule has 0 spiro atoms. The Morgan fingerprint density at radius 2 is 2.05 bits per heavy atom. The highest BCUT2D eigenvalue weighted by Crippen LogP contribution is 2.17. The molecule has 3 amide bonds. The average molecular weight is 282 g/mol. The number of aromatic amines is 1. The van der Waals surface area contributed by atoms with Crippen LogP contribution in [0, 0.1) is 6.92 Å². The fourth-order valence-electron chi connectivity index (χ4n) is 1.70. The van der Waals surface area contributed by atoms with E-state index in [-0.39, 0.29) is 24.0 Å². The lowest BCUT2D eigenvalue weighted by molar-refractivity contribution is -0.118. The molecule has 110 valence electrons. The number of rotatable bonds is 5. The number of nitrogens with zero attached hydrogens (tertiary/aromatic N) is 1. The molecular weight excluding hydrogens is 264 g/mol. The molecule has 1 rings (SSSR count). The molecule has 1 aromatic rings. The van der Waals surface area contributed by atoms with Gasteiger partial charge < -0.3 is 26.0 Å². The van der Waals surface area contributed by atoms with E-state index in [9.17, 15) is 14.4 Å². The number of aromatic carboxylic acids is 1. The Kier molecular flexibility index (Phi) is 4.73. The molecule has 8 nitrogen and oxygen atoms in total. The molecule has 0 fully saturated rings. The molecule has 0 aliphatic carbocycles. The van der Waals surface area contributed by atoms with E-state index in [1.807, 2.05) is 0 Å². The van der Waals surface area contributed by atoms with Crippen LogP contribution in [0.25, 0.3) is 0 Å². The van der Waals surface area contributed by atoms with Crippen LogP contribution in [0.1, 0.15) is 30.0 Å². The van der Waals surface area contributed by atoms with Crippen molar-refractivity contribution >= 4 is 23.6 Å². The normalized spacial score (nSPS) is 10.4. The molecule has 0 saturated heterocycles. The highest BCUT2D eigenvalue weighted by atomic mass is 16.4. The number of anilines is 1. The van der Waals surface area contributed by atoms with E-state index in [0.29, 0.717) is 5.69 Å². The maximum atomic E-state index is 12.1. The summed E-state index contributed by atoms with van der Waals surface area (Å²) in [5.74, 6) is -1.82. The van der Waals surface area contributed by atoms with Gasteiger partial charge in [-0.25, -0.2) is 9.59 Å². The smallest absolute Gasteiger partial charge is 0.354 e. The maximum absolute atomic E-state index is 12.1. The van der Waals surface area contributed by atoms with Gasteiger partial charge in [0.1, 0.15) is 12.2 Å². The Balaban J connectivity index is 2.93. The number of carboxylic acids is 1. The van der Waals surface area contributed by atoms with E-state index in [4.69, 9.17) is 10.8 Å². The van der Waals surface area contributed by atoms with Gasteiger partial charge in [-0.3, -0.25) is 4.79 Å². The van der Waals surface area contributed by atoms with Crippen LogP contribution in [-0.4, -0.2) is 45.5 Å². The Morgan fingerprint density at radius 3 is 2.50 bits per heavy atom. The van der Waals surface area contributed by atoms with E-state index < -0.39 is 17.9 Å². The third-order valence-electron chi connectivity index (χ3n) is 2.62. The van der Waals surface area contributed by atoms with Gasteiger partial charge in [0, 0.05) is 11.7 Å². The molecule has 0 unspecified atom stereocenters. The number of amides is 3. The van der Waals surface area contributed by atoms with Crippen molar-refractivity contribution in [3.63, 3.8) is 0 Å². The number of carboxylic acid groups (broad SMARTS) is 1. The number of hydrogen-bond donors (Lipinski definition) is 4. The molecule has 0 aliphatic rings. The first kappa shape index (κ1) is 15.5. The van der Waals surface area contributed by atoms with Crippen LogP contribution in [0.15, 0.2) is 6.07 Å². The summed E-state index contributed by atoms with van der Waals surface area (Å²) in [6, 6.07) is 0.667. The maximum Gasteiger partial charge on any atom is 0.354 e. The van der Waals surface area contributed by atoms with Crippen molar-refractivity contribution in [1.29, 1.82) is 0 Å². The fourth-order valence-corrected chi connectivity index (χ4v) is 1.70. The van der Waals surface area contributed by atoms with Crippen molar-refractivity contribution in [2.45, 2.75) is 26.8 Å². The largest absolute Gasteiger partial charge is 0.477 e. The quantitative estimate of drug-likeness (QED) is 0.635. The van der Waals surface area contributed by atoms with Crippen molar-refractivity contribution < 1.29 is 19.5 Å². The first-order chi connectivity index (χ1) is 9.22. The number of aromatic nitrogens is 1. The molecule has 20 heavy (non-hydrogen) atoms. The van der Waals surface area contributed by atoms with Crippen LogP contribution in [0.5, 0.6) is 0 Å². The van der Waals surface area contributed by atoms with Crippen molar-refractivity contribution in [3.05, 3.63) is 17.5 Å². The van der Waals surface area contributed by atoms with E-state index in [0.717, 1.165) is 0 Å². The van der Waals surface area contributed by atoms with E-state index >= 15 is 0 Å². The van der Waals surface area contributed by atoms with Gasteiger partial charge in [-0.2, -0.15) is 0 Å². The zero-order valence-corrected chi connectivity index (χ0v) is 11.6. The number of H-pyrrole nitrogens is 1. The van der Waals surface area contributed by atoms with Gasteiger partial charge in [-0.05, 0) is 26.8 Å². The second kappa shape index (κ2) is 6.09. The molecule has 8 heteroatoms. The summed E-state index contributed by atoms with van der Waals surface area (Å²) in [5.41, 5.74) is 5.72. The minimum atomic E-state index is -1.18. The summed E-state index contributed by atoms with van der Waals surface area (Å²) in [6.45, 7) is 4.88. The Morgan fingerprint density at radius 1 is 1.45 bits per heavy atom. The van der Waals surface area contributed by atoms with E-state index in [1.165, 1.54) is 11.0 Å². The molecule has 0 bridgehead atoms. The molecule has 0 radical (unpaired) electrons. The number of nitrogens with two attached hydrogens (primary N) is 1. The molecule has 1 aromatic heterocycles. The summed E-state index contributed by atoms with van der Waals surface area (Å²) < 4.78 is 0. The van der Waals surface area contributed by atoms with Gasteiger partial charge in [-0.15, -0.1) is 0 Å². The van der Waals surface area contributed by atoms with Gasteiger partial charge in [-0.1, -0.05) is 0 Å². The number of primary amides is 1. The summed E-state index contributed by atoms with van der Waals surface area (Å²) >= 11 is 0. The Labute approximate surface area is 115 Å². The van der Waals surface area contributed by atoms with Crippen molar-refractivity contribution in [2.75, 3.05) is 11.9 Å². The molecule has 5 N–H and O–H groups in total. The van der Waals surface area contributed by atoms with E-state index in [1.54, 1.807) is 20.8 Å². The van der Waals surface area contributed by atoms with Crippen LogP contribution in [-0.2, 0) is 4.79 Å². The lowest BCUT2D eigenvalue weighted by Gasteiger charge is -2.25. The number of hydrogen-bond acceptors (Lipinski definition) is 3. The van der Waals surface area contributed by atoms with Crippen LogP contribution in [0.4, 0.5) is 10.5 Å². The van der Waals surface area contributed by atoms with Crippen LogP contribution in [0.3, 0.4) is 0 Å². The highest BCUT2D eigenvalue weighted by Gasteiger charge is 2.22. The van der Waals surface area contributed by atoms with Gasteiger partial charge in [0.25, 0.3) is 0 Å². The minimum Gasteiger partial charge on any atom is -0.477 e. The van der Waals surface area contributed by atoms with Crippen LogP contribution >= 0.6 is 0 Å². The standard InChI is InChI=1S/C12H18N4O4/c1-6(2)16(5-9(13)17)12(20)15-8-4-7(3)14-10(8)11(18)19/h4,6,14H,5H2,1-3H3,(H2,13,17)(H,15,20)(H,18,19). The Hall–Kier alpha value is -2.51.